The lowest BCUT2D eigenvalue weighted by Gasteiger charge is -2.26. The van der Waals surface area contributed by atoms with Gasteiger partial charge < -0.3 is 24.4 Å². The summed E-state index contributed by atoms with van der Waals surface area (Å²) in [5.74, 6) is -0.194. The number of carbonyl (C=O) groups is 2. The van der Waals surface area contributed by atoms with Crippen LogP contribution in [0.1, 0.15) is 34.7 Å². The molecule has 4 rings (SSSR count). The number of hydrogen-bond donors (Lipinski definition) is 1. The molecule has 1 N–H and O–H groups in total. The maximum absolute atomic E-state index is 13.2. The summed E-state index contributed by atoms with van der Waals surface area (Å²) in [6.45, 7) is 3.61. The molecule has 1 aliphatic rings. The largest absolute Gasteiger partial charge is 0.507 e. The Morgan fingerprint density at radius 1 is 0.974 bits per heavy atom. The van der Waals surface area contributed by atoms with E-state index in [1.165, 1.54) is 0 Å². The summed E-state index contributed by atoms with van der Waals surface area (Å²) in [6.07, 6.45) is 0.694. The summed E-state index contributed by atoms with van der Waals surface area (Å²) in [5.41, 5.74) is 3.48. The number of aryl methyl sites for hydroxylation is 1. The van der Waals surface area contributed by atoms with Gasteiger partial charge in [0.2, 0.25) is 0 Å². The molecule has 7 heteroatoms. The minimum atomic E-state index is -0.694. The maximum Gasteiger partial charge on any atom is 0.295 e. The standard InChI is InChI=1S/C31H34N2O5/c1-21-7-5-8-22(19-21)20-38-26-15-11-24(12-16-26)29(34)27-28(23-9-13-25(37-4)14-10-23)33(31(36)30(27)35)18-6-17-32(2)3/h5,7-16,19,28,34H,6,17-18,20H2,1-4H3/b29-27+/t28-/m0/s1. The molecule has 198 valence electrons. The minimum absolute atomic E-state index is 0.0819. The van der Waals surface area contributed by atoms with Gasteiger partial charge in [-0.05, 0) is 81.5 Å². The number of rotatable bonds is 10. The Morgan fingerprint density at radius 3 is 2.29 bits per heavy atom. The van der Waals surface area contributed by atoms with E-state index in [9.17, 15) is 14.7 Å². The van der Waals surface area contributed by atoms with Crippen LogP contribution in [-0.2, 0) is 16.2 Å². The first-order valence-electron chi connectivity index (χ1n) is 12.6. The highest BCUT2D eigenvalue weighted by Gasteiger charge is 2.45. The fourth-order valence-electron chi connectivity index (χ4n) is 4.63. The number of methoxy groups -OCH3 is 1. The SMILES string of the molecule is COc1ccc([C@H]2/C(=C(\O)c3ccc(OCc4cccc(C)c4)cc3)C(=O)C(=O)N2CCCN(C)C)cc1. The second-order valence-corrected chi connectivity index (χ2v) is 9.72. The number of benzene rings is 3. The second-order valence-electron chi connectivity index (χ2n) is 9.72. The van der Waals surface area contributed by atoms with E-state index in [1.54, 1.807) is 48.4 Å². The van der Waals surface area contributed by atoms with Crippen LogP contribution < -0.4 is 9.47 Å². The molecule has 7 nitrogen and oxygen atoms in total. The zero-order chi connectivity index (χ0) is 27.2. The highest BCUT2D eigenvalue weighted by molar-refractivity contribution is 6.46. The molecule has 3 aromatic rings. The first-order chi connectivity index (χ1) is 18.3. The third kappa shape index (κ3) is 6.06. The van der Waals surface area contributed by atoms with E-state index in [2.05, 4.69) is 6.07 Å². The van der Waals surface area contributed by atoms with Crippen LogP contribution in [0.15, 0.2) is 78.4 Å². The van der Waals surface area contributed by atoms with Gasteiger partial charge in [-0.2, -0.15) is 0 Å². The van der Waals surface area contributed by atoms with Crippen molar-refractivity contribution in [2.45, 2.75) is 26.0 Å². The number of Topliss-reactive ketones (excluding diaryl/α,β-unsaturated/α-hetero) is 1. The molecule has 1 aliphatic heterocycles. The van der Waals surface area contributed by atoms with Crippen molar-refractivity contribution in [2.24, 2.45) is 0 Å². The van der Waals surface area contributed by atoms with E-state index >= 15 is 0 Å². The van der Waals surface area contributed by atoms with Crippen molar-refractivity contribution in [1.29, 1.82) is 0 Å². The molecule has 3 aromatic carbocycles. The summed E-state index contributed by atoms with van der Waals surface area (Å²) in [4.78, 5) is 29.9. The number of amides is 1. The number of ketones is 1. The predicted molar refractivity (Wildman–Crippen MR) is 147 cm³/mol. The van der Waals surface area contributed by atoms with Crippen LogP contribution in [-0.4, -0.2) is 60.9 Å². The molecule has 1 saturated heterocycles. The average Bonchev–Trinajstić information content (AvgIpc) is 3.17. The molecule has 0 aliphatic carbocycles. The van der Waals surface area contributed by atoms with Crippen molar-refractivity contribution in [3.8, 4) is 11.5 Å². The Labute approximate surface area is 223 Å². The molecule has 1 fully saturated rings. The molecule has 38 heavy (non-hydrogen) atoms. The van der Waals surface area contributed by atoms with Gasteiger partial charge in [0.15, 0.2) is 0 Å². The van der Waals surface area contributed by atoms with E-state index in [0.29, 0.717) is 36.6 Å². The van der Waals surface area contributed by atoms with Gasteiger partial charge >= 0.3 is 0 Å². The fraction of sp³-hybridized carbons (Fsp3) is 0.290. The molecule has 0 spiro atoms. The van der Waals surface area contributed by atoms with Gasteiger partial charge in [-0.3, -0.25) is 9.59 Å². The normalized spacial score (nSPS) is 16.8. The number of nitrogens with zero attached hydrogens (tertiary/aromatic N) is 2. The van der Waals surface area contributed by atoms with Crippen molar-refractivity contribution in [3.63, 3.8) is 0 Å². The molecule has 1 atom stereocenters. The lowest BCUT2D eigenvalue weighted by Crippen LogP contribution is -2.32. The minimum Gasteiger partial charge on any atom is -0.507 e. The Bertz CT molecular complexity index is 1310. The Balaban J connectivity index is 1.63. The van der Waals surface area contributed by atoms with Crippen molar-refractivity contribution in [2.75, 3.05) is 34.3 Å². The number of aliphatic hydroxyl groups is 1. The fourth-order valence-corrected chi connectivity index (χ4v) is 4.63. The Kier molecular flexibility index (Phi) is 8.48. The molecule has 0 radical (unpaired) electrons. The lowest BCUT2D eigenvalue weighted by atomic mass is 9.95. The van der Waals surface area contributed by atoms with Gasteiger partial charge in [0.05, 0.1) is 18.7 Å². The van der Waals surface area contributed by atoms with Gasteiger partial charge in [0.1, 0.15) is 23.9 Å². The van der Waals surface area contributed by atoms with Gasteiger partial charge in [-0.15, -0.1) is 0 Å². The average molecular weight is 515 g/mol. The van der Waals surface area contributed by atoms with E-state index in [4.69, 9.17) is 9.47 Å². The first kappa shape index (κ1) is 26.9. The second kappa shape index (κ2) is 12.0. The van der Waals surface area contributed by atoms with E-state index in [1.807, 2.05) is 56.3 Å². The van der Waals surface area contributed by atoms with Gasteiger partial charge in [-0.25, -0.2) is 0 Å². The van der Waals surface area contributed by atoms with Crippen molar-refractivity contribution in [3.05, 3.63) is 101 Å². The molecular weight excluding hydrogens is 480 g/mol. The van der Waals surface area contributed by atoms with Crippen LogP contribution in [0.4, 0.5) is 0 Å². The summed E-state index contributed by atoms with van der Waals surface area (Å²) in [6, 6.07) is 21.5. The number of carbonyl (C=O) groups excluding carboxylic acids is 2. The molecule has 0 saturated carbocycles. The zero-order valence-electron chi connectivity index (χ0n) is 22.3. The summed E-state index contributed by atoms with van der Waals surface area (Å²) < 4.78 is 11.2. The van der Waals surface area contributed by atoms with Crippen LogP contribution in [0, 0.1) is 6.92 Å². The zero-order valence-corrected chi connectivity index (χ0v) is 22.3. The number of ether oxygens (including phenoxy) is 2. The number of hydrogen-bond acceptors (Lipinski definition) is 6. The smallest absolute Gasteiger partial charge is 0.295 e. The summed E-state index contributed by atoms with van der Waals surface area (Å²) >= 11 is 0. The van der Waals surface area contributed by atoms with Crippen molar-refractivity contribution >= 4 is 17.4 Å². The maximum atomic E-state index is 13.2. The van der Waals surface area contributed by atoms with Crippen LogP contribution in [0.3, 0.4) is 0 Å². The third-order valence-electron chi connectivity index (χ3n) is 6.59. The third-order valence-corrected chi connectivity index (χ3v) is 6.59. The van der Waals surface area contributed by atoms with Gasteiger partial charge in [0.25, 0.3) is 11.7 Å². The molecule has 0 aromatic heterocycles. The van der Waals surface area contributed by atoms with Gasteiger partial charge in [-0.1, -0.05) is 42.0 Å². The van der Waals surface area contributed by atoms with E-state index < -0.39 is 17.7 Å². The van der Waals surface area contributed by atoms with E-state index in [0.717, 1.165) is 23.2 Å². The van der Waals surface area contributed by atoms with Crippen LogP contribution in [0.25, 0.3) is 5.76 Å². The predicted octanol–water partition coefficient (Wildman–Crippen LogP) is 4.96. The Morgan fingerprint density at radius 2 is 1.66 bits per heavy atom. The van der Waals surface area contributed by atoms with Crippen LogP contribution in [0.5, 0.6) is 11.5 Å². The molecule has 1 amide bonds. The van der Waals surface area contributed by atoms with Crippen molar-refractivity contribution < 1.29 is 24.2 Å². The monoisotopic (exact) mass is 514 g/mol. The molecule has 0 bridgehead atoms. The highest BCUT2D eigenvalue weighted by atomic mass is 16.5. The number of aliphatic hydroxyl groups excluding tert-OH is 1. The van der Waals surface area contributed by atoms with Crippen molar-refractivity contribution in [1.82, 2.24) is 9.80 Å². The first-order valence-corrected chi connectivity index (χ1v) is 12.6. The molecule has 0 unspecified atom stereocenters. The van der Waals surface area contributed by atoms with Gasteiger partial charge in [0, 0.05) is 12.1 Å². The highest BCUT2D eigenvalue weighted by Crippen LogP contribution is 2.40. The quantitative estimate of drug-likeness (QED) is 0.234. The summed E-state index contributed by atoms with van der Waals surface area (Å²) in [7, 11) is 5.50. The Hall–Kier alpha value is -4.10. The lowest BCUT2D eigenvalue weighted by molar-refractivity contribution is -0.139. The summed E-state index contributed by atoms with van der Waals surface area (Å²) in [5, 5.41) is 11.3. The molecule has 1 heterocycles. The van der Waals surface area contributed by atoms with Crippen LogP contribution >= 0.6 is 0 Å². The van der Waals surface area contributed by atoms with E-state index in [-0.39, 0.29) is 11.3 Å². The topological polar surface area (TPSA) is 79.3 Å². The van der Waals surface area contributed by atoms with Crippen LogP contribution in [0.2, 0.25) is 0 Å². The number of likely N-dealkylation sites (tertiary alicyclic amines) is 1. The molecular formula is C31H34N2O5.